The molecule has 1 aromatic carbocycles. The molecule has 0 saturated carbocycles. The molecule has 1 aromatic rings. The van der Waals surface area contributed by atoms with Gasteiger partial charge in [0.1, 0.15) is 5.82 Å². The monoisotopic (exact) mass is 275 g/mol. The summed E-state index contributed by atoms with van der Waals surface area (Å²) < 4.78 is 12.9. The van der Waals surface area contributed by atoms with Crippen LogP contribution in [0.15, 0.2) is 18.2 Å². The number of benzene rings is 1. The normalized spacial score (nSPS) is 12.1. The molecule has 1 unspecified atom stereocenters. The Hall–Kier alpha value is -0.590. The van der Waals surface area contributed by atoms with Gasteiger partial charge in [-0.3, -0.25) is 0 Å². The molecule has 1 nitrogen and oxygen atoms in total. The van der Waals surface area contributed by atoms with Gasteiger partial charge in [-0.1, -0.05) is 27.5 Å². The summed E-state index contributed by atoms with van der Waals surface area (Å²) in [7, 11) is 0. The first-order valence-electron chi connectivity index (χ1n) is 4.07. The van der Waals surface area contributed by atoms with Crippen molar-refractivity contribution in [3.05, 3.63) is 34.6 Å². The predicted octanol–water partition coefficient (Wildman–Crippen LogP) is 3.56. The molecule has 0 amide bonds. The van der Waals surface area contributed by atoms with E-state index in [4.69, 9.17) is 16.9 Å². The van der Waals surface area contributed by atoms with Crippen LogP contribution in [0.4, 0.5) is 4.39 Å². The minimum Gasteiger partial charge on any atom is -0.207 e. The van der Waals surface area contributed by atoms with Crippen LogP contribution in [0.3, 0.4) is 0 Å². The van der Waals surface area contributed by atoms with E-state index in [1.54, 1.807) is 0 Å². The number of nitrogens with zero attached hydrogens (tertiary/aromatic N) is 1. The third-order valence-corrected chi connectivity index (χ3v) is 2.99. The maximum atomic E-state index is 12.9. The van der Waals surface area contributed by atoms with E-state index in [2.05, 4.69) is 22.0 Å². The van der Waals surface area contributed by atoms with Crippen molar-refractivity contribution in [3.8, 4) is 6.07 Å². The molecule has 14 heavy (non-hydrogen) atoms. The number of hydrogen-bond donors (Lipinski definition) is 0. The first-order valence-corrected chi connectivity index (χ1v) is 5.57. The van der Waals surface area contributed by atoms with Crippen LogP contribution in [0, 0.1) is 23.1 Å². The van der Waals surface area contributed by atoms with Crippen molar-refractivity contribution in [1.29, 1.82) is 5.26 Å². The van der Waals surface area contributed by atoms with Gasteiger partial charge in [-0.15, -0.1) is 0 Å². The smallest absolute Gasteiger partial charge is 0.123 e. The molecule has 0 spiro atoms. The van der Waals surface area contributed by atoms with Crippen LogP contribution in [0.25, 0.3) is 0 Å². The van der Waals surface area contributed by atoms with Gasteiger partial charge in [0.15, 0.2) is 0 Å². The molecule has 0 bridgehead atoms. The maximum Gasteiger partial charge on any atom is 0.123 e. The molecule has 0 radical (unpaired) electrons. The molecule has 0 aliphatic carbocycles. The predicted molar refractivity (Wildman–Crippen MR) is 58.0 cm³/mol. The molecule has 0 aliphatic rings. The summed E-state index contributed by atoms with van der Waals surface area (Å²) in [4.78, 5) is 0. The zero-order valence-electron chi connectivity index (χ0n) is 7.30. The fourth-order valence-corrected chi connectivity index (χ4v) is 1.67. The Kier molecular flexibility index (Phi) is 4.37. The summed E-state index contributed by atoms with van der Waals surface area (Å²) in [6.07, 6.45) is 0.471. The summed E-state index contributed by atoms with van der Waals surface area (Å²) >= 11 is 9.08. The summed E-state index contributed by atoms with van der Waals surface area (Å²) in [6.45, 7) is 0. The molecule has 1 rings (SSSR count). The van der Waals surface area contributed by atoms with Crippen molar-refractivity contribution in [2.24, 2.45) is 5.92 Å². The second-order valence-corrected chi connectivity index (χ2v) is 3.97. The Morgan fingerprint density at radius 1 is 1.57 bits per heavy atom. The molecular weight excluding hydrogens is 268 g/mol. The van der Waals surface area contributed by atoms with Crippen LogP contribution in [0.5, 0.6) is 0 Å². The Bertz CT molecular complexity index is 362. The largest absolute Gasteiger partial charge is 0.207 e. The van der Waals surface area contributed by atoms with Crippen molar-refractivity contribution in [2.45, 2.75) is 6.42 Å². The third-order valence-electron chi connectivity index (χ3n) is 1.84. The third kappa shape index (κ3) is 2.97. The van der Waals surface area contributed by atoms with Crippen LogP contribution in [0.2, 0.25) is 5.02 Å². The lowest BCUT2D eigenvalue weighted by Crippen LogP contribution is -2.03. The minimum absolute atomic E-state index is 0.172. The Labute approximate surface area is 95.6 Å². The van der Waals surface area contributed by atoms with Gasteiger partial charge in [0.25, 0.3) is 0 Å². The summed E-state index contributed by atoms with van der Waals surface area (Å²) in [5.41, 5.74) is 0.678. The fraction of sp³-hybridized carbons (Fsp3) is 0.300. The van der Waals surface area contributed by atoms with Crippen LogP contribution in [-0.4, -0.2) is 5.33 Å². The number of nitriles is 1. The Morgan fingerprint density at radius 2 is 2.29 bits per heavy atom. The number of alkyl halides is 1. The molecule has 0 heterocycles. The van der Waals surface area contributed by atoms with Gasteiger partial charge in [-0.25, -0.2) is 4.39 Å². The van der Waals surface area contributed by atoms with E-state index >= 15 is 0 Å². The summed E-state index contributed by atoms with van der Waals surface area (Å²) in [6, 6.07) is 6.31. The number of halogens is 3. The van der Waals surface area contributed by atoms with Crippen molar-refractivity contribution in [2.75, 3.05) is 5.33 Å². The van der Waals surface area contributed by atoms with Crippen molar-refractivity contribution in [1.82, 2.24) is 0 Å². The van der Waals surface area contributed by atoms with Gasteiger partial charge < -0.3 is 0 Å². The van der Waals surface area contributed by atoms with Gasteiger partial charge in [-0.05, 0) is 30.2 Å². The number of hydrogen-bond acceptors (Lipinski definition) is 1. The van der Waals surface area contributed by atoms with E-state index in [-0.39, 0.29) is 11.7 Å². The lowest BCUT2D eigenvalue weighted by molar-refractivity contribution is 0.623. The molecular formula is C10H8BrClFN. The lowest BCUT2D eigenvalue weighted by atomic mass is 10.0. The van der Waals surface area contributed by atoms with Crippen molar-refractivity contribution >= 4 is 27.5 Å². The highest BCUT2D eigenvalue weighted by atomic mass is 79.9. The highest BCUT2D eigenvalue weighted by molar-refractivity contribution is 9.09. The van der Waals surface area contributed by atoms with Crippen LogP contribution < -0.4 is 0 Å². The minimum atomic E-state index is -0.323. The van der Waals surface area contributed by atoms with Crippen molar-refractivity contribution in [3.63, 3.8) is 0 Å². The summed E-state index contributed by atoms with van der Waals surface area (Å²) in [5, 5.41) is 9.80. The van der Waals surface area contributed by atoms with Crippen LogP contribution in [-0.2, 0) is 6.42 Å². The van der Waals surface area contributed by atoms with Crippen LogP contribution in [0.1, 0.15) is 5.56 Å². The van der Waals surface area contributed by atoms with Crippen LogP contribution >= 0.6 is 27.5 Å². The standard InChI is InChI=1S/C10H8BrClFN/c11-5-7(6-14)3-8-4-9(13)1-2-10(8)12/h1-2,4,7H,3,5H2. The zero-order chi connectivity index (χ0) is 10.6. The summed E-state index contributed by atoms with van der Waals surface area (Å²) in [5.74, 6) is -0.495. The molecule has 0 aliphatic heterocycles. The fourth-order valence-electron chi connectivity index (χ4n) is 1.10. The molecule has 1 atom stereocenters. The van der Waals surface area contributed by atoms with E-state index in [0.717, 1.165) is 0 Å². The van der Waals surface area contributed by atoms with E-state index in [9.17, 15) is 4.39 Å². The second kappa shape index (κ2) is 5.33. The van der Waals surface area contributed by atoms with E-state index in [1.807, 2.05) is 0 Å². The van der Waals surface area contributed by atoms with Gasteiger partial charge >= 0.3 is 0 Å². The van der Waals surface area contributed by atoms with Gasteiger partial charge in [0.2, 0.25) is 0 Å². The molecule has 0 saturated heterocycles. The Balaban J connectivity index is 2.86. The molecule has 74 valence electrons. The quantitative estimate of drug-likeness (QED) is 0.775. The van der Waals surface area contributed by atoms with E-state index in [1.165, 1.54) is 18.2 Å². The second-order valence-electron chi connectivity index (χ2n) is 2.92. The molecule has 4 heteroatoms. The van der Waals surface area contributed by atoms with E-state index < -0.39 is 0 Å². The topological polar surface area (TPSA) is 23.8 Å². The SMILES string of the molecule is N#CC(CBr)Cc1cc(F)ccc1Cl. The average Bonchev–Trinajstić information content (AvgIpc) is 2.19. The van der Waals surface area contributed by atoms with Gasteiger partial charge in [-0.2, -0.15) is 5.26 Å². The van der Waals surface area contributed by atoms with E-state index in [0.29, 0.717) is 22.3 Å². The highest BCUT2D eigenvalue weighted by Crippen LogP contribution is 2.20. The molecule has 0 fully saturated rings. The zero-order valence-corrected chi connectivity index (χ0v) is 9.65. The first kappa shape index (κ1) is 11.5. The number of rotatable bonds is 3. The Morgan fingerprint density at radius 3 is 2.86 bits per heavy atom. The molecule has 0 aromatic heterocycles. The lowest BCUT2D eigenvalue weighted by Gasteiger charge is -2.07. The van der Waals surface area contributed by atoms with Gasteiger partial charge in [0.05, 0.1) is 12.0 Å². The maximum absolute atomic E-state index is 12.9. The highest BCUT2D eigenvalue weighted by Gasteiger charge is 2.10. The van der Waals surface area contributed by atoms with Crippen molar-refractivity contribution < 1.29 is 4.39 Å². The first-order chi connectivity index (χ1) is 6.67. The van der Waals surface area contributed by atoms with Gasteiger partial charge in [0, 0.05) is 10.4 Å². The molecule has 0 N–H and O–H groups in total. The average molecular weight is 277 g/mol.